The van der Waals surface area contributed by atoms with Crippen LogP contribution in [0.2, 0.25) is 0 Å². The first-order valence-electron chi connectivity index (χ1n) is 17.1. The summed E-state index contributed by atoms with van der Waals surface area (Å²) < 4.78 is 0. The Hall–Kier alpha value is -5.54. The quantitative estimate of drug-likeness (QED) is 0.164. The van der Waals surface area contributed by atoms with E-state index in [1.54, 1.807) is 0 Å². The lowest BCUT2D eigenvalue weighted by molar-refractivity contribution is 0.510. The van der Waals surface area contributed by atoms with Crippen molar-refractivity contribution in [2.45, 2.75) is 31.5 Å². The molecule has 0 radical (unpaired) electrons. The predicted octanol–water partition coefficient (Wildman–Crippen LogP) is 11.5. The summed E-state index contributed by atoms with van der Waals surface area (Å²) in [4.78, 5) is 0. The van der Waals surface area contributed by atoms with E-state index in [1.807, 2.05) is 18.2 Å². The average molecular weight is 633 g/mol. The number of rotatable bonds is 8. The molecule has 2 atom stereocenters. The van der Waals surface area contributed by atoms with Gasteiger partial charge in [-0.3, -0.25) is 5.32 Å². The molecule has 0 saturated heterocycles. The van der Waals surface area contributed by atoms with Crippen molar-refractivity contribution in [3.05, 3.63) is 198 Å². The Labute approximate surface area is 289 Å². The molecule has 3 N–H and O–H groups in total. The zero-order chi connectivity index (χ0) is 33.4. The van der Waals surface area contributed by atoms with Gasteiger partial charge >= 0.3 is 0 Å². The Kier molecular flexibility index (Phi) is 8.05. The molecule has 0 amide bonds. The SMILES string of the molecule is CC1(C)c2cc3ccccc3cc2-c2c(/C=C/C(NC(N)c3ccccc3)c3ccc(-c4ccccc4)cc3-c3ccccc3)cccc21. The Balaban J connectivity index is 1.27. The predicted molar refractivity (Wildman–Crippen MR) is 207 cm³/mol. The van der Waals surface area contributed by atoms with E-state index in [1.165, 1.54) is 66.4 Å². The molecular weight excluding hydrogens is 593 g/mol. The Morgan fingerprint density at radius 1 is 0.551 bits per heavy atom. The number of fused-ring (bicyclic) bond motifs is 4. The standard InChI is InChI=1S/C47H40N2/c1-47(2)42-24-14-23-34(45(42)41-30-36-21-12-13-22-37(36)31-43(41)47)26-28-44(49-46(48)35-19-10-5-11-20-35)39-27-25-38(32-15-6-3-7-16-32)29-40(39)33-17-8-4-9-18-33/h3-31,44,46,49H,48H2,1-2H3/b28-26+. The minimum absolute atomic E-state index is 0.0976. The van der Waals surface area contributed by atoms with E-state index in [0.717, 1.165) is 5.56 Å². The zero-order valence-electron chi connectivity index (χ0n) is 28.0. The van der Waals surface area contributed by atoms with E-state index in [0.29, 0.717) is 0 Å². The summed E-state index contributed by atoms with van der Waals surface area (Å²) in [6, 6.07) is 58.4. The maximum absolute atomic E-state index is 6.91. The van der Waals surface area contributed by atoms with Crippen LogP contribution >= 0.6 is 0 Å². The van der Waals surface area contributed by atoms with Gasteiger partial charge in [-0.2, -0.15) is 0 Å². The molecule has 238 valence electrons. The molecule has 0 bridgehead atoms. The molecule has 0 aromatic heterocycles. The molecule has 7 aromatic rings. The first kappa shape index (κ1) is 30.8. The van der Waals surface area contributed by atoms with Crippen LogP contribution in [-0.4, -0.2) is 0 Å². The number of nitrogens with one attached hydrogen (secondary N) is 1. The molecule has 0 aliphatic heterocycles. The molecule has 0 fully saturated rings. The number of hydrogen-bond acceptors (Lipinski definition) is 2. The fourth-order valence-corrected chi connectivity index (χ4v) is 7.54. The van der Waals surface area contributed by atoms with Gasteiger partial charge in [0.15, 0.2) is 0 Å². The topological polar surface area (TPSA) is 38.0 Å². The second-order valence-corrected chi connectivity index (χ2v) is 13.6. The molecule has 0 saturated carbocycles. The summed E-state index contributed by atoms with van der Waals surface area (Å²) in [5, 5.41) is 6.36. The Morgan fingerprint density at radius 2 is 1.18 bits per heavy atom. The van der Waals surface area contributed by atoms with Gasteiger partial charge < -0.3 is 5.73 Å². The first-order valence-corrected chi connectivity index (χ1v) is 17.1. The minimum atomic E-state index is -0.360. The lowest BCUT2D eigenvalue weighted by Crippen LogP contribution is -2.31. The molecule has 0 heterocycles. The van der Waals surface area contributed by atoms with Crippen LogP contribution in [0.1, 0.15) is 53.9 Å². The van der Waals surface area contributed by atoms with Gasteiger partial charge in [0.2, 0.25) is 0 Å². The van der Waals surface area contributed by atoms with E-state index in [2.05, 4.69) is 177 Å². The van der Waals surface area contributed by atoms with Crippen LogP contribution in [0.25, 0.3) is 50.2 Å². The third-order valence-corrected chi connectivity index (χ3v) is 10.2. The fraction of sp³-hybridized carbons (Fsp3) is 0.106. The Bertz CT molecular complexity index is 2290. The van der Waals surface area contributed by atoms with Crippen LogP contribution < -0.4 is 11.1 Å². The molecule has 1 aliphatic carbocycles. The normalized spacial score (nSPS) is 14.4. The monoisotopic (exact) mass is 632 g/mol. The summed E-state index contributed by atoms with van der Waals surface area (Å²) in [7, 11) is 0. The fourth-order valence-electron chi connectivity index (χ4n) is 7.54. The van der Waals surface area contributed by atoms with Crippen molar-refractivity contribution in [1.29, 1.82) is 0 Å². The van der Waals surface area contributed by atoms with Crippen LogP contribution in [0, 0.1) is 0 Å². The van der Waals surface area contributed by atoms with Crippen molar-refractivity contribution in [3.63, 3.8) is 0 Å². The average Bonchev–Trinajstić information content (AvgIpc) is 3.38. The van der Waals surface area contributed by atoms with Crippen molar-refractivity contribution in [1.82, 2.24) is 5.32 Å². The highest BCUT2D eigenvalue weighted by Gasteiger charge is 2.36. The highest BCUT2D eigenvalue weighted by Crippen LogP contribution is 2.51. The van der Waals surface area contributed by atoms with Crippen molar-refractivity contribution < 1.29 is 0 Å². The third-order valence-electron chi connectivity index (χ3n) is 10.2. The number of hydrogen-bond donors (Lipinski definition) is 2. The maximum atomic E-state index is 6.91. The minimum Gasteiger partial charge on any atom is -0.312 e. The number of benzene rings is 7. The van der Waals surface area contributed by atoms with Crippen molar-refractivity contribution in [3.8, 4) is 33.4 Å². The van der Waals surface area contributed by atoms with Crippen LogP contribution in [0.3, 0.4) is 0 Å². The number of nitrogens with two attached hydrogens (primary N) is 1. The summed E-state index contributed by atoms with van der Waals surface area (Å²) in [5.74, 6) is 0. The molecule has 2 heteroatoms. The molecule has 0 spiro atoms. The molecule has 1 aliphatic rings. The van der Waals surface area contributed by atoms with Crippen molar-refractivity contribution in [2.24, 2.45) is 5.73 Å². The van der Waals surface area contributed by atoms with Gasteiger partial charge in [-0.15, -0.1) is 0 Å². The second kappa shape index (κ2) is 12.8. The molecule has 49 heavy (non-hydrogen) atoms. The van der Waals surface area contributed by atoms with Gasteiger partial charge in [-0.05, 0) is 90.2 Å². The smallest absolute Gasteiger partial charge is 0.0817 e. The lowest BCUT2D eigenvalue weighted by atomic mass is 9.81. The van der Waals surface area contributed by atoms with Gasteiger partial charge in [0.05, 0.1) is 12.2 Å². The molecular formula is C47H40N2. The third kappa shape index (κ3) is 5.80. The van der Waals surface area contributed by atoms with E-state index >= 15 is 0 Å². The summed E-state index contributed by atoms with van der Waals surface area (Å²) in [5.41, 5.74) is 20.4. The van der Waals surface area contributed by atoms with Gasteiger partial charge in [0, 0.05) is 5.41 Å². The molecule has 2 nitrogen and oxygen atoms in total. The summed E-state index contributed by atoms with van der Waals surface area (Å²) in [6.07, 6.45) is 4.24. The largest absolute Gasteiger partial charge is 0.312 e. The van der Waals surface area contributed by atoms with Crippen LogP contribution in [0.15, 0.2) is 170 Å². The first-order chi connectivity index (χ1) is 24.0. The molecule has 2 unspecified atom stereocenters. The van der Waals surface area contributed by atoms with Crippen LogP contribution in [0.5, 0.6) is 0 Å². The second-order valence-electron chi connectivity index (χ2n) is 13.6. The maximum Gasteiger partial charge on any atom is 0.0817 e. The van der Waals surface area contributed by atoms with Gasteiger partial charge in [-0.25, -0.2) is 0 Å². The zero-order valence-corrected chi connectivity index (χ0v) is 28.0. The van der Waals surface area contributed by atoms with Crippen molar-refractivity contribution >= 4 is 16.8 Å². The van der Waals surface area contributed by atoms with Crippen molar-refractivity contribution in [2.75, 3.05) is 0 Å². The van der Waals surface area contributed by atoms with Crippen LogP contribution in [0.4, 0.5) is 0 Å². The summed E-state index contributed by atoms with van der Waals surface area (Å²) >= 11 is 0. The van der Waals surface area contributed by atoms with Gasteiger partial charge in [0.1, 0.15) is 0 Å². The van der Waals surface area contributed by atoms with Crippen LogP contribution in [-0.2, 0) is 5.41 Å². The molecule has 8 rings (SSSR count). The van der Waals surface area contributed by atoms with E-state index in [9.17, 15) is 0 Å². The van der Waals surface area contributed by atoms with E-state index < -0.39 is 0 Å². The highest BCUT2D eigenvalue weighted by atomic mass is 15.0. The van der Waals surface area contributed by atoms with E-state index in [4.69, 9.17) is 5.73 Å². The van der Waals surface area contributed by atoms with Gasteiger partial charge in [-0.1, -0.05) is 172 Å². The molecule has 7 aromatic carbocycles. The van der Waals surface area contributed by atoms with E-state index in [-0.39, 0.29) is 17.6 Å². The Morgan fingerprint density at radius 3 is 1.90 bits per heavy atom. The highest BCUT2D eigenvalue weighted by molar-refractivity contribution is 5.96. The lowest BCUT2D eigenvalue weighted by Gasteiger charge is -2.25. The van der Waals surface area contributed by atoms with Gasteiger partial charge in [0.25, 0.3) is 0 Å². The summed E-state index contributed by atoms with van der Waals surface area (Å²) in [6.45, 7) is 4.70.